The third-order valence-corrected chi connectivity index (χ3v) is 7.42. The van der Waals surface area contributed by atoms with Gasteiger partial charge in [-0.25, -0.2) is 0 Å². The number of nitrogens with zero attached hydrogens (tertiary/aromatic N) is 1. The van der Waals surface area contributed by atoms with Gasteiger partial charge >= 0.3 is 0 Å². The molecule has 3 unspecified atom stereocenters. The maximum Gasteiger partial charge on any atom is 0.0356 e. The van der Waals surface area contributed by atoms with E-state index in [1.807, 2.05) is 0 Å². The van der Waals surface area contributed by atoms with Crippen molar-refractivity contribution in [3.05, 3.63) is 47.0 Å². The lowest BCUT2D eigenvalue weighted by Crippen LogP contribution is -2.38. The maximum atomic E-state index is 2.84. The van der Waals surface area contributed by atoms with E-state index in [2.05, 4.69) is 35.3 Å². The summed E-state index contributed by atoms with van der Waals surface area (Å²) in [4.78, 5) is 2.84. The number of hydrogen-bond acceptors (Lipinski definition) is 1. The summed E-state index contributed by atoms with van der Waals surface area (Å²) < 4.78 is 0. The van der Waals surface area contributed by atoms with Crippen molar-refractivity contribution in [2.75, 3.05) is 13.1 Å². The molecule has 1 nitrogen and oxygen atoms in total. The molecular formula is C23H31N. The third-order valence-electron chi connectivity index (χ3n) is 7.42. The molecule has 128 valence electrons. The standard InChI is InChI=1S/C23H31N/c1-2-6-17(7-3-1)18-12-14-24(15-13-18)22-16-20-10-4-8-19-9-5-11-21(22)23(19)20/h2,5-6,9,11,17-18,20,22H,1,3-4,7-8,10,12-16H2. The van der Waals surface area contributed by atoms with Gasteiger partial charge in [-0.3, -0.25) is 4.90 Å². The third kappa shape index (κ3) is 2.56. The van der Waals surface area contributed by atoms with Crippen LogP contribution in [0.25, 0.3) is 0 Å². The number of piperidine rings is 1. The maximum absolute atomic E-state index is 2.84. The second kappa shape index (κ2) is 6.33. The summed E-state index contributed by atoms with van der Waals surface area (Å²) in [6.45, 7) is 2.66. The van der Waals surface area contributed by atoms with Gasteiger partial charge in [-0.1, -0.05) is 30.4 Å². The lowest BCUT2D eigenvalue weighted by molar-refractivity contribution is 0.110. The van der Waals surface area contributed by atoms with Gasteiger partial charge in [0.1, 0.15) is 0 Å². The fourth-order valence-electron chi connectivity index (χ4n) is 6.19. The van der Waals surface area contributed by atoms with Gasteiger partial charge in [0, 0.05) is 6.04 Å². The Labute approximate surface area is 147 Å². The monoisotopic (exact) mass is 321 g/mol. The highest BCUT2D eigenvalue weighted by molar-refractivity contribution is 5.45. The smallest absolute Gasteiger partial charge is 0.0356 e. The largest absolute Gasteiger partial charge is 0.296 e. The fourth-order valence-corrected chi connectivity index (χ4v) is 6.19. The van der Waals surface area contributed by atoms with E-state index in [0.717, 1.165) is 23.8 Å². The van der Waals surface area contributed by atoms with E-state index >= 15 is 0 Å². The molecule has 24 heavy (non-hydrogen) atoms. The SMILES string of the molecule is C1=CC(C2CCN(C3CC4CCCc5cccc3c54)CC2)CCC1. The van der Waals surface area contributed by atoms with E-state index in [1.165, 1.54) is 70.9 Å². The number of allylic oxidation sites excluding steroid dienone is 2. The Morgan fingerprint density at radius 2 is 1.88 bits per heavy atom. The molecule has 0 saturated carbocycles. The van der Waals surface area contributed by atoms with E-state index in [0.29, 0.717) is 0 Å². The van der Waals surface area contributed by atoms with Gasteiger partial charge < -0.3 is 0 Å². The van der Waals surface area contributed by atoms with Crippen molar-refractivity contribution in [2.45, 2.75) is 69.7 Å². The van der Waals surface area contributed by atoms with Gasteiger partial charge in [0.15, 0.2) is 0 Å². The Hall–Kier alpha value is -1.08. The normalized spacial score (nSPS) is 33.6. The van der Waals surface area contributed by atoms with Crippen LogP contribution in [0.1, 0.15) is 80.0 Å². The van der Waals surface area contributed by atoms with E-state index in [4.69, 9.17) is 0 Å². The van der Waals surface area contributed by atoms with E-state index in [9.17, 15) is 0 Å². The van der Waals surface area contributed by atoms with Crippen LogP contribution in [0.5, 0.6) is 0 Å². The van der Waals surface area contributed by atoms with E-state index < -0.39 is 0 Å². The molecule has 0 bridgehead atoms. The molecule has 1 aromatic carbocycles. The molecule has 0 spiro atoms. The van der Waals surface area contributed by atoms with Crippen LogP contribution >= 0.6 is 0 Å². The molecule has 1 saturated heterocycles. The minimum absolute atomic E-state index is 0.728. The first-order valence-corrected chi connectivity index (χ1v) is 10.4. The minimum Gasteiger partial charge on any atom is -0.296 e. The van der Waals surface area contributed by atoms with E-state index in [-0.39, 0.29) is 0 Å². The van der Waals surface area contributed by atoms with Crippen molar-refractivity contribution < 1.29 is 0 Å². The van der Waals surface area contributed by atoms with Crippen LogP contribution in [-0.2, 0) is 6.42 Å². The molecule has 0 N–H and O–H groups in total. The zero-order valence-electron chi connectivity index (χ0n) is 14.9. The van der Waals surface area contributed by atoms with E-state index in [1.54, 1.807) is 16.7 Å². The molecule has 1 aromatic rings. The predicted molar refractivity (Wildman–Crippen MR) is 100 cm³/mol. The molecular weight excluding hydrogens is 290 g/mol. The first-order valence-electron chi connectivity index (χ1n) is 10.4. The number of aryl methyl sites for hydroxylation is 1. The molecule has 0 aromatic heterocycles. The van der Waals surface area contributed by atoms with Crippen molar-refractivity contribution in [3.8, 4) is 0 Å². The van der Waals surface area contributed by atoms with Crippen molar-refractivity contribution in [1.82, 2.24) is 4.90 Å². The average Bonchev–Trinajstić information content (AvgIpc) is 3.04. The first-order chi connectivity index (χ1) is 11.9. The summed E-state index contributed by atoms with van der Waals surface area (Å²) in [5.41, 5.74) is 5.15. The van der Waals surface area contributed by atoms with Crippen LogP contribution in [-0.4, -0.2) is 18.0 Å². The molecule has 4 aliphatic rings. The summed E-state index contributed by atoms with van der Waals surface area (Å²) in [5.74, 6) is 2.71. The Morgan fingerprint density at radius 3 is 2.71 bits per heavy atom. The summed E-state index contributed by atoms with van der Waals surface area (Å²) >= 11 is 0. The molecule has 1 aliphatic heterocycles. The highest BCUT2D eigenvalue weighted by atomic mass is 15.2. The topological polar surface area (TPSA) is 3.24 Å². The number of benzene rings is 1. The zero-order chi connectivity index (χ0) is 15.9. The molecule has 3 atom stereocenters. The molecule has 5 rings (SSSR count). The molecule has 1 heterocycles. The van der Waals surface area contributed by atoms with Crippen molar-refractivity contribution >= 4 is 0 Å². The zero-order valence-corrected chi connectivity index (χ0v) is 14.9. The molecule has 1 heteroatoms. The number of rotatable bonds is 2. The van der Waals surface area contributed by atoms with Crippen LogP contribution in [0.4, 0.5) is 0 Å². The van der Waals surface area contributed by atoms with Crippen molar-refractivity contribution in [3.63, 3.8) is 0 Å². The van der Waals surface area contributed by atoms with Crippen molar-refractivity contribution in [2.24, 2.45) is 11.8 Å². The second-order valence-electron chi connectivity index (χ2n) is 8.66. The summed E-state index contributed by atoms with van der Waals surface area (Å²) in [7, 11) is 0. The van der Waals surface area contributed by atoms with Crippen LogP contribution in [0.15, 0.2) is 30.4 Å². The number of likely N-dealkylation sites (tertiary alicyclic amines) is 1. The van der Waals surface area contributed by atoms with Crippen molar-refractivity contribution in [1.29, 1.82) is 0 Å². The molecule has 3 aliphatic carbocycles. The summed E-state index contributed by atoms with van der Waals surface area (Å²) in [6.07, 6.45) is 17.6. The van der Waals surface area contributed by atoms with Gasteiger partial charge in [0.25, 0.3) is 0 Å². The minimum atomic E-state index is 0.728. The van der Waals surface area contributed by atoms with Gasteiger partial charge in [-0.05, 0) is 105 Å². The van der Waals surface area contributed by atoms with Gasteiger partial charge in [0.05, 0.1) is 0 Å². The van der Waals surface area contributed by atoms with Crippen LogP contribution in [0.3, 0.4) is 0 Å². The quantitative estimate of drug-likeness (QED) is 0.639. The van der Waals surface area contributed by atoms with Crippen LogP contribution in [0, 0.1) is 11.8 Å². The molecule has 0 amide bonds. The Kier molecular flexibility index (Phi) is 4.01. The van der Waals surface area contributed by atoms with Gasteiger partial charge in [0.2, 0.25) is 0 Å². The Bertz CT molecular complexity index is 623. The molecule has 1 fully saturated rings. The van der Waals surface area contributed by atoms with Gasteiger partial charge in [-0.2, -0.15) is 0 Å². The Balaban J connectivity index is 1.30. The average molecular weight is 322 g/mol. The lowest BCUT2D eigenvalue weighted by Gasteiger charge is -2.39. The highest BCUT2D eigenvalue weighted by Crippen LogP contribution is 2.50. The number of hydrogen-bond donors (Lipinski definition) is 0. The van der Waals surface area contributed by atoms with Crippen LogP contribution < -0.4 is 0 Å². The highest BCUT2D eigenvalue weighted by Gasteiger charge is 2.38. The summed E-state index contributed by atoms with van der Waals surface area (Å²) in [6, 6.07) is 7.90. The predicted octanol–water partition coefficient (Wildman–Crippen LogP) is 5.62. The Morgan fingerprint density at radius 1 is 0.958 bits per heavy atom. The van der Waals surface area contributed by atoms with Crippen LogP contribution in [0.2, 0.25) is 0 Å². The molecule has 0 radical (unpaired) electrons. The van der Waals surface area contributed by atoms with Gasteiger partial charge in [-0.15, -0.1) is 0 Å². The first kappa shape index (κ1) is 15.2. The lowest BCUT2D eigenvalue weighted by atomic mass is 9.79. The summed E-state index contributed by atoms with van der Waals surface area (Å²) in [5, 5.41) is 0. The fraction of sp³-hybridized carbons (Fsp3) is 0.652. The second-order valence-corrected chi connectivity index (χ2v) is 8.66.